The van der Waals surface area contributed by atoms with Gasteiger partial charge in [-0.05, 0) is 24.8 Å². The van der Waals surface area contributed by atoms with Gasteiger partial charge in [0.2, 0.25) is 5.82 Å². The van der Waals surface area contributed by atoms with E-state index in [1.807, 2.05) is 0 Å². The van der Waals surface area contributed by atoms with E-state index >= 15 is 0 Å². The van der Waals surface area contributed by atoms with Crippen LogP contribution in [-0.4, -0.2) is 40.7 Å². The largest absolute Gasteiger partial charge is 0.503 e. The summed E-state index contributed by atoms with van der Waals surface area (Å²) in [6, 6.07) is 0.449. The van der Waals surface area contributed by atoms with Gasteiger partial charge in [0.25, 0.3) is 5.91 Å². The molecular formula is C13H14F3NO3. The first-order chi connectivity index (χ1) is 9.45. The second kappa shape index (κ2) is 5.70. The summed E-state index contributed by atoms with van der Waals surface area (Å²) in [5, 5.41) is 18.1. The van der Waals surface area contributed by atoms with E-state index in [9.17, 15) is 18.0 Å². The van der Waals surface area contributed by atoms with Gasteiger partial charge in [-0.15, -0.1) is 0 Å². The Labute approximate surface area is 113 Å². The van der Waals surface area contributed by atoms with Crippen LogP contribution in [0.1, 0.15) is 23.2 Å². The zero-order chi connectivity index (χ0) is 14.9. The lowest BCUT2D eigenvalue weighted by Gasteiger charge is -2.31. The lowest BCUT2D eigenvalue weighted by molar-refractivity contribution is 0.0644. The van der Waals surface area contributed by atoms with Gasteiger partial charge in [-0.2, -0.15) is 4.39 Å². The molecule has 110 valence electrons. The van der Waals surface area contributed by atoms with Crippen molar-refractivity contribution in [1.29, 1.82) is 0 Å². The Morgan fingerprint density at radius 3 is 2.40 bits per heavy atom. The number of benzene rings is 1. The number of carbonyl (C=O) groups excluding carboxylic acids is 1. The van der Waals surface area contributed by atoms with Gasteiger partial charge in [-0.25, -0.2) is 8.78 Å². The predicted molar refractivity (Wildman–Crippen MR) is 63.7 cm³/mol. The molecule has 1 fully saturated rings. The average Bonchev–Trinajstić information content (AvgIpc) is 2.48. The Balaban J connectivity index is 2.22. The number of piperidine rings is 1. The van der Waals surface area contributed by atoms with Crippen molar-refractivity contribution in [3.05, 3.63) is 29.1 Å². The molecule has 1 heterocycles. The topological polar surface area (TPSA) is 60.8 Å². The number of hydrogen-bond acceptors (Lipinski definition) is 3. The van der Waals surface area contributed by atoms with Crippen LogP contribution >= 0.6 is 0 Å². The fourth-order valence-electron chi connectivity index (χ4n) is 2.24. The smallest absolute Gasteiger partial charge is 0.257 e. The normalized spacial score (nSPS) is 16.5. The number of carbonyl (C=O) groups is 1. The summed E-state index contributed by atoms with van der Waals surface area (Å²) in [4.78, 5) is 13.3. The van der Waals surface area contributed by atoms with Crippen molar-refractivity contribution >= 4 is 5.91 Å². The van der Waals surface area contributed by atoms with E-state index in [4.69, 9.17) is 10.2 Å². The third-order valence-corrected chi connectivity index (χ3v) is 3.52. The molecule has 1 saturated heterocycles. The quantitative estimate of drug-likeness (QED) is 0.814. The van der Waals surface area contributed by atoms with E-state index in [0.29, 0.717) is 32.0 Å². The number of hydrogen-bond donors (Lipinski definition) is 2. The summed E-state index contributed by atoms with van der Waals surface area (Å²) in [5.74, 6) is -6.84. The molecule has 1 aromatic carbocycles. The number of aliphatic hydroxyl groups excluding tert-OH is 1. The predicted octanol–water partition coefficient (Wildman–Crippen LogP) is 1.65. The van der Waals surface area contributed by atoms with Crippen molar-refractivity contribution in [1.82, 2.24) is 4.90 Å². The van der Waals surface area contributed by atoms with Crippen molar-refractivity contribution < 1.29 is 28.2 Å². The Kier molecular flexibility index (Phi) is 4.17. The molecule has 0 bridgehead atoms. The number of phenols is 1. The van der Waals surface area contributed by atoms with Crippen LogP contribution in [0.5, 0.6) is 5.75 Å². The molecule has 1 aliphatic rings. The minimum absolute atomic E-state index is 0.0162. The van der Waals surface area contributed by atoms with E-state index < -0.39 is 34.7 Å². The highest BCUT2D eigenvalue weighted by Gasteiger charge is 2.28. The van der Waals surface area contributed by atoms with Crippen LogP contribution in [0.2, 0.25) is 0 Å². The number of amides is 1. The minimum atomic E-state index is -1.71. The SMILES string of the molecule is O=C(c1cc(F)c(F)c(O)c1F)N1CCC(CO)CC1. The Morgan fingerprint density at radius 2 is 1.85 bits per heavy atom. The number of aliphatic hydroxyl groups is 1. The third-order valence-electron chi connectivity index (χ3n) is 3.52. The fraction of sp³-hybridized carbons (Fsp3) is 0.462. The number of likely N-dealkylation sites (tertiary alicyclic amines) is 1. The summed E-state index contributed by atoms with van der Waals surface area (Å²) in [7, 11) is 0. The standard InChI is InChI=1S/C13H14F3NO3/c14-9-5-8(10(15)12(19)11(9)16)13(20)17-3-1-7(6-18)2-4-17/h5,7,18-19H,1-4,6H2. The lowest BCUT2D eigenvalue weighted by atomic mass is 9.97. The molecule has 0 atom stereocenters. The molecule has 1 amide bonds. The number of rotatable bonds is 2. The van der Waals surface area contributed by atoms with Crippen LogP contribution in [0.3, 0.4) is 0 Å². The summed E-state index contributed by atoms with van der Waals surface area (Å²) in [5.41, 5.74) is -0.691. The summed E-state index contributed by atoms with van der Waals surface area (Å²) in [6.45, 7) is 0.606. The van der Waals surface area contributed by atoms with Crippen molar-refractivity contribution in [2.45, 2.75) is 12.8 Å². The lowest BCUT2D eigenvalue weighted by Crippen LogP contribution is -2.39. The van der Waals surface area contributed by atoms with Crippen molar-refractivity contribution in [2.75, 3.05) is 19.7 Å². The first-order valence-corrected chi connectivity index (χ1v) is 6.22. The van der Waals surface area contributed by atoms with Crippen LogP contribution in [0.25, 0.3) is 0 Å². The van der Waals surface area contributed by atoms with Gasteiger partial charge in [0, 0.05) is 19.7 Å². The summed E-state index contributed by atoms with van der Waals surface area (Å²) >= 11 is 0. The number of phenolic OH excluding ortho intramolecular Hbond substituents is 1. The Bertz CT molecular complexity index is 528. The maximum absolute atomic E-state index is 13.6. The molecular weight excluding hydrogens is 275 g/mol. The van der Waals surface area contributed by atoms with Crippen molar-refractivity contribution in [3.8, 4) is 5.75 Å². The van der Waals surface area contributed by atoms with Crippen molar-refractivity contribution in [3.63, 3.8) is 0 Å². The molecule has 1 aromatic rings. The molecule has 20 heavy (non-hydrogen) atoms. The zero-order valence-electron chi connectivity index (χ0n) is 10.6. The highest BCUT2D eigenvalue weighted by Crippen LogP contribution is 2.27. The molecule has 1 aliphatic heterocycles. The molecule has 2 N–H and O–H groups in total. The summed E-state index contributed by atoms with van der Waals surface area (Å²) < 4.78 is 39.8. The van der Waals surface area contributed by atoms with E-state index in [-0.39, 0.29) is 12.5 Å². The molecule has 0 unspecified atom stereocenters. The first-order valence-electron chi connectivity index (χ1n) is 6.22. The molecule has 0 aromatic heterocycles. The minimum Gasteiger partial charge on any atom is -0.503 e. The fourth-order valence-corrected chi connectivity index (χ4v) is 2.24. The van der Waals surface area contributed by atoms with Gasteiger partial charge in [0.15, 0.2) is 17.4 Å². The first kappa shape index (κ1) is 14.6. The molecule has 0 radical (unpaired) electrons. The van der Waals surface area contributed by atoms with Gasteiger partial charge < -0.3 is 15.1 Å². The van der Waals surface area contributed by atoms with E-state index in [1.54, 1.807) is 0 Å². The Morgan fingerprint density at radius 1 is 1.25 bits per heavy atom. The zero-order valence-corrected chi connectivity index (χ0v) is 10.6. The highest BCUT2D eigenvalue weighted by atomic mass is 19.2. The van der Waals surface area contributed by atoms with Crippen LogP contribution in [0, 0.1) is 23.4 Å². The third kappa shape index (κ3) is 2.58. The molecule has 0 aliphatic carbocycles. The van der Waals surface area contributed by atoms with Gasteiger partial charge in [0.05, 0.1) is 5.56 Å². The monoisotopic (exact) mass is 289 g/mol. The molecule has 7 heteroatoms. The molecule has 2 rings (SSSR count). The van der Waals surface area contributed by atoms with Crippen LogP contribution in [-0.2, 0) is 0 Å². The molecule has 4 nitrogen and oxygen atoms in total. The van der Waals surface area contributed by atoms with Crippen LogP contribution in [0.15, 0.2) is 6.07 Å². The van der Waals surface area contributed by atoms with Gasteiger partial charge in [0.1, 0.15) is 0 Å². The van der Waals surface area contributed by atoms with Gasteiger partial charge >= 0.3 is 0 Å². The van der Waals surface area contributed by atoms with E-state index in [2.05, 4.69) is 0 Å². The van der Waals surface area contributed by atoms with E-state index in [0.717, 1.165) is 0 Å². The second-order valence-electron chi connectivity index (χ2n) is 4.80. The van der Waals surface area contributed by atoms with Crippen LogP contribution in [0.4, 0.5) is 13.2 Å². The van der Waals surface area contributed by atoms with E-state index in [1.165, 1.54) is 4.90 Å². The maximum Gasteiger partial charge on any atom is 0.257 e. The molecule has 0 spiro atoms. The van der Waals surface area contributed by atoms with Crippen LogP contribution < -0.4 is 0 Å². The maximum atomic E-state index is 13.6. The highest BCUT2D eigenvalue weighted by molar-refractivity contribution is 5.95. The Hall–Kier alpha value is -1.76. The molecule has 0 saturated carbocycles. The van der Waals surface area contributed by atoms with Gasteiger partial charge in [-0.1, -0.05) is 0 Å². The summed E-state index contributed by atoms with van der Waals surface area (Å²) in [6.07, 6.45) is 1.11. The number of aromatic hydroxyl groups is 1. The van der Waals surface area contributed by atoms with Crippen molar-refractivity contribution in [2.24, 2.45) is 5.92 Å². The average molecular weight is 289 g/mol. The van der Waals surface area contributed by atoms with Gasteiger partial charge in [-0.3, -0.25) is 4.79 Å². The number of halogens is 3. The number of nitrogens with zero attached hydrogens (tertiary/aromatic N) is 1. The second-order valence-corrected chi connectivity index (χ2v) is 4.80.